The minimum Gasteiger partial charge on any atom is -0.381 e. The number of aryl methyl sites for hydroxylation is 2. The van der Waals surface area contributed by atoms with Crippen LogP contribution in [0, 0.1) is 13.8 Å². The number of nitrogens with zero attached hydrogens (tertiary/aromatic N) is 1. The Kier molecular flexibility index (Phi) is 3.42. The van der Waals surface area contributed by atoms with Crippen LogP contribution in [0.25, 0.3) is 0 Å². The van der Waals surface area contributed by atoms with E-state index in [9.17, 15) is 5.11 Å². The maximum absolute atomic E-state index is 10.3. The average Bonchev–Trinajstić information content (AvgIpc) is 2.64. The van der Waals surface area contributed by atoms with E-state index in [1.54, 1.807) is 0 Å². The van der Waals surface area contributed by atoms with Gasteiger partial charge in [-0.2, -0.15) is 0 Å². The number of benzene rings is 1. The minimum atomic E-state index is -0.627. The number of aromatic nitrogens is 1. The Labute approximate surface area is 107 Å². The number of hydrogen-bond acceptors (Lipinski definition) is 3. The number of aliphatic hydroxyl groups excluding tert-OH is 1. The van der Waals surface area contributed by atoms with Crippen molar-refractivity contribution in [2.75, 3.05) is 0 Å². The summed E-state index contributed by atoms with van der Waals surface area (Å²) in [5.41, 5.74) is 3.15. The van der Waals surface area contributed by atoms with Gasteiger partial charge >= 0.3 is 0 Å². The molecule has 2 nitrogen and oxygen atoms in total. The van der Waals surface area contributed by atoms with Gasteiger partial charge in [0.15, 0.2) is 0 Å². The zero-order valence-corrected chi connectivity index (χ0v) is 11.5. The predicted molar refractivity (Wildman–Crippen MR) is 69.8 cm³/mol. The van der Waals surface area contributed by atoms with Crippen LogP contribution in [0.15, 0.2) is 28.2 Å². The molecule has 0 spiro atoms. The van der Waals surface area contributed by atoms with Crippen LogP contribution in [-0.2, 0) is 0 Å². The van der Waals surface area contributed by atoms with E-state index >= 15 is 0 Å². The molecule has 0 amide bonds. The first-order valence-corrected chi connectivity index (χ1v) is 6.62. The largest absolute Gasteiger partial charge is 0.381 e. The Morgan fingerprint density at radius 1 is 1.31 bits per heavy atom. The summed E-state index contributed by atoms with van der Waals surface area (Å²) < 4.78 is 0.776. The average molecular weight is 298 g/mol. The molecule has 0 bridgehead atoms. The van der Waals surface area contributed by atoms with Crippen LogP contribution in [0.5, 0.6) is 0 Å². The van der Waals surface area contributed by atoms with E-state index in [4.69, 9.17) is 0 Å². The van der Waals surface area contributed by atoms with Gasteiger partial charge in [0.05, 0.1) is 0 Å². The molecule has 1 heterocycles. The molecule has 0 aliphatic carbocycles. The Bertz CT molecular complexity index is 489. The normalized spacial score (nSPS) is 12.8. The lowest BCUT2D eigenvalue weighted by molar-refractivity contribution is 0.218. The molecule has 16 heavy (non-hydrogen) atoms. The van der Waals surface area contributed by atoms with Crippen LogP contribution < -0.4 is 0 Å². The summed E-state index contributed by atoms with van der Waals surface area (Å²) in [6.45, 7) is 4.02. The van der Waals surface area contributed by atoms with E-state index in [1.807, 2.05) is 37.4 Å². The van der Waals surface area contributed by atoms with Gasteiger partial charge in [0, 0.05) is 5.38 Å². The Morgan fingerprint density at radius 3 is 2.44 bits per heavy atom. The monoisotopic (exact) mass is 297 g/mol. The molecule has 84 valence electrons. The van der Waals surface area contributed by atoms with Gasteiger partial charge < -0.3 is 5.11 Å². The third-order valence-electron chi connectivity index (χ3n) is 2.54. The number of halogens is 1. The quantitative estimate of drug-likeness (QED) is 0.919. The third-order valence-corrected chi connectivity index (χ3v) is 4.15. The van der Waals surface area contributed by atoms with E-state index in [2.05, 4.69) is 20.9 Å². The summed E-state index contributed by atoms with van der Waals surface area (Å²) in [4.78, 5) is 4.25. The van der Waals surface area contributed by atoms with Crippen molar-refractivity contribution in [3.05, 3.63) is 49.9 Å². The van der Waals surface area contributed by atoms with E-state index in [1.165, 1.54) is 11.3 Å². The summed E-state index contributed by atoms with van der Waals surface area (Å²) in [7, 11) is 0. The Balaban J connectivity index is 2.45. The molecule has 0 fully saturated rings. The number of aliphatic hydroxyl groups is 1. The lowest BCUT2D eigenvalue weighted by atomic mass is 9.98. The summed E-state index contributed by atoms with van der Waals surface area (Å²) in [5.74, 6) is 0. The van der Waals surface area contributed by atoms with Crippen LogP contribution in [0.1, 0.15) is 27.8 Å². The van der Waals surface area contributed by atoms with Crippen molar-refractivity contribution >= 4 is 27.3 Å². The van der Waals surface area contributed by atoms with Crippen molar-refractivity contribution in [3.63, 3.8) is 0 Å². The van der Waals surface area contributed by atoms with Gasteiger partial charge in [-0.3, -0.25) is 0 Å². The molecule has 1 atom stereocenters. The predicted octanol–water partition coefficient (Wildman–Crippen LogP) is 3.60. The van der Waals surface area contributed by atoms with Crippen molar-refractivity contribution in [3.8, 4) is 0 Å². The highest BCUT2D eigenvalue weighted by Gasteiger charge is 2.18. The molecule has 1 aromatic carbocycles. The maximum atomic E-state index is 10.3. The fourth-order valence-electron chi connectivity index (χ4n) is 1.77. The molecule has 1 aromatic heterocycles. The summed E-state index contributed by atoms with van der Waals surface area (Å²) in [5, 5.41) is 12.9. The molecular formula is C12H12BrNOS. The van der Waals surface area contributed by atoms with Crippen LogP contribution in [0.3, 0.4) is 0 Å². The van der Waals surface area contributed by atoms with Gasteiger partial charge in [0.2, 0.25) is 0 Å². The minimum absolute atomic E-state index is 0.627. The molecule has 1 N–H and O–H groups in total. The Morgan fingerprint density at radius 2 is 1.94 bits per heavy atom. The summed E-state index contributed by atoms with van der Waals surface area (Å²) in [6, 6.07) is 6.01. The fourth-order valence-corrected chi connectivity index (χ4v) is 3.03. The van der Waals surface area contributed by atoms with Crippen molar-refractivity contribution in [1.82, 2.24) is 4.98 Å². The van der Waals surface area contributed by atoms with Crippen LogP contribution in [0.4, 0.5) is 0 Å². The van der Waals surface area contributed by atoms with Gasteiger partial charge in [0.1, 0.15) is 15.7 Å². The molecule has 0 radical (unpaired) electrons. The highest BCUT2D eigenvalue weighted by Crippen LogP contribution is 2.30. The van der Waals surface area contributed by atoms with Crippen LogP contribution >= 0.6 is 27.3 Å². The molecule has 0 saturated carbocycles. The van der Waals surface area contributed by atoms with E-state index < -0.39 is 6.10 Å². The van der Waals surface area contributed by atoms with Gasteiger partial charge in [-0.15, -0.1) is 11.3 Å². The molecule has 2 aromatic rings. The highest BCUT2D eigenvalue weighted by atomic mass is 79.9. The van der Waals surface area contributed by atoms with Crippen molar-refractivity contribution in [1.29, 1.82) is 0 Å². The van der Waals surface area contributed by atoms with Crippen LogP contribution in [-0.4, -0.2) is 10.1 Å². The van der Waals surface area contributed by atoms with E-state index in [-0.39, 0.29) is 0 Å². The standard InChI is InChI=1S/C12H12BrNOS/c1-7-4-3-5-8(2)10(7)11(15)12-14-9(13)6-16-12/h3-6,11,15H,1-2H3. The topological polar surface area (TPSA) is 33.1 Å². The zero-order valence-electron chi connectivity index (χ0n) is 9.07. The zero-order chi connectivity index (χ0) is 11.7. The molecular weight excluding hydrogens is 286 g/mol. The van der Waals surface area contributed by atoms with Gasteiger partial charge in [-0.05, 0) is 46.5 Å². The first-order chi connectivity index (χ1) is 7.59. The lowest BCUT2D eigenvalue weighted by Gasteiger charge is -2.14. The van der Waals surface area contributed by atoms with Gasteiger partial charge in [-0.25, -0.2) is 4.98 Å². The second kappa shape index (κ2) is 4.65. The molecule has 1 unspecified atom stereocenters. The molecule has 4 heteroatoms. The van der Waals surface area contributed by atoms with Gasteiger partial charge in [-0.1, -0.05) is 18.2 Å². The Hall–Kier alpha value is -0.710. The molecule has 0 aliphatic heterocycles. The maximum Gasteiger partial charge on any atom is 0.131 e. The first kappa shape index (κ1) is 11.8. The van der Waals surface area contributed by atoms with Gasteiger partial charge in [0.25, 0.3) is 0 Å². The van der Waals surface area contributed by atoms with Crippen LogP contribution in [0.2, 0.25) is 0 Å². The molecule has 0 saturated heterocycles. The number of thiazole rings is 1. The van der Waals surface area contributed by atoms with Crippen molar-refractivity contribution in [2.24, 2.45) is 0 Å². The second-order valence-electron chi connectivity index (χ2n) is 3.72. The smallest absolute Gasteiger partial charge is 0.131 e. The van der Waals surface area contributed by atoms with Crippen molar-refractivity contribution in [2.45, 2.75) is 20.0 Å². The van der Waals surface area contributed by atoms with Crippen molar-refractivity contribution < 1.29 is 5.11 Å². The summed E-state index contributed by atoms with van der Waals surface area (Å²) >= 11 is 4.76. The number of hydrogen-bond donors (Lipinski definition) is 1. The molecule has 0 aliphatic rings. The lowest BCUT2D eigenvalue weighted by Crippen LogP contribution is -2.03. The van der Waals surface area contributed by atoms with E-state index in [0.29, 0.717) is 0 Å². The van der Waals surface area contributed by atoms with E-state index in [0.717, 1.165) is 26.3 Å². The third kappa shape index (κ3) is 2.19. The SMILES string of the molecule is Cc1cccc(C)c1C(O)c1nc(Br)cs1. The summed E-state index contributed by atoms with van der Waals surface area (Å²) in [6.07, 6.45) is -0.627. The first-order valence-electron chi connectivity index (χ1n) is 4.94. The highest BCUT2D eigenvalue weighted by molar-refractivity contribution is 9.10. The second-order valence-corrected chi connectivity index (χ2v) is 5.42. The number of rotatable bonds is 2. The molecule has 2 rings (SSSR count). The fraction of sp³-hybridized carbons (Fsp3) is 0.250.